The topological polar surface area (TPSA) is 49.3 Å². The van der Waals surface area contributed by atoms with Gasteiger partial charge in [-0.1, -0.05) is 19.8 Å². The summed E-state index contributed by atoms with van der Waals surface area (Å²) >= 11 is 0. The Morgan fingerprint density at radius 2 is 2.07 bits per heavy atom. The molecular formula is C11H21N2O2+. The molecule has 0 saturated carbocycles. The van der Waals surface area contributed by atoms with Crippen LogP contribution in [0, 0.1) is 0 Å². The molecule has 0 unspecified atom stereocenters. The fraction of sp³-hybridized carbons (Fsp3) is 0.727. The Labute approximate surface area is 90.8 Å². The second-order valence-electron chi connectivity index (χ2n) is 3.74. The summed E-state index contributed by atoms with van der Waals surface area (Å²) in [6, 6.07) is 0. The van der Waals surface area contributed by atoms with Gasteiger partial charge in [0.05, 0.1) is 6.54 Å². The Hall–Kier alpha value is -0.870. The highest BCUT2D eigenvalue weighted by Crippen LogP contribution is 2.03. The van der Waals surface area contributed by atoms with Gasteiger partial charge in [0.1, 0.15) is 19.0 Å². The molecule has 0 fully saturated rings. The predicted octanol–water partition coefficient (Wildman–Crippen LogP) is 0.798. The number of hydrogen-bond acceptors (Lipinski definition) is 2. The van der Waals surface area contributed by atoms with Crippen LogP contribution in [-0.2, 0) is 19.9 Å². The minimum absolute atomic E-state index is 0.0265. The van der Waals surface area contributed by atoms with Gasteiger partial charge < -0.3 is 10.2 Å². The van der Waals surface area contributed by atoms with Gasteiger partial charge in [-0.25, -0.2) is 9.13 Å². The molecule has 0 spiro atoms. The van der Waals surface area contributed by atoms with E-state index in [0.717, 1.165) is 18.8 Å². The summed E-state index contributed by atoms with van der Waals surface area (Å²) in [5, 5.41) is 18.2. The van der Waals surface area contributed by atoms with Crippen LogP contribution in [0.25, 0.3) is 0 Å². The van der Waals surface area contributed by atoms with Crippen molar-refractivity contribution >= 4 is 0 Å². The van der Waals surface area contributed by atoms with E-state index in [1.165, 1.54) is 19.3 Å². The largest absolute Gasteiger partial charge is 0.384 e. The second kappa shape index (κ2) is 6.58. The van der Waals surface area contributed by atoms with Crippen LogP contribution >= 0.6 is 0 Å². The predicted molar refractivity (Wildman–Crippen MR) is 56.9 cm³/mol. The van der Waals surface area contributed by atoms with Crippen LogP contribution in [0.2, 0.25) is 0 Å². The van der Waals surface area contributed by atoms with Crippen molar-refractivity contribution < 1.29 is 14.8 Å². The zero-order valence-corrected chi connectivity index (χ0v) is 9.39. The number of aryl methyl sites for hydroxylation is 1. The molecule has 15 heavy (non-hydrogen) atoms. The quantitative estimate of drug-likeness (QED) is 0.520. The molecule has 1 rings (SSSR count). The van der Waals surface area contributed by atoms with Crippen molar-refractivity contribution in [3.63, 3.8) is 0 Å². The summed E-state index contributed by atoms with van der Waals surface area (Å²) in [4.78, 5) is 0. The highest BCUT2D eigenvalue weighted by atomic mass is 16.3. The fourth-order valence-corrected chi connectivity index (χ4v) is 1.72. The zero-order valence-electron chi connectivity index (χ0n) is 9.39. The maximum absolute atomic E-state index is 9.17. The molecule has 0 bridgehead atoms. The van der Waals surface area contributed by atoms with E-state index in [9.17, 15) is 0 Å². The fourth-order valence-electron chi connectivity index (χ4n) is 1.72. The number of unbranched alkanes of at least 4 members (excludes halogenated alkanes) is 3. The molecule has 86 valence electrons. The highest BCUT2D eigenvalue weighted by molar-refractivity contribution is 4.81. The lowest BCUT2D eigenvalue weighted by Crippen LogP contribution is -2.37. The van der Waals surface area contributed by atoms with Gasteiger partial charge in [0.2, 0.25) is 0 Å². The average molecular weight is 213 g/mol. The molecule has 0 aromatic carbocycles. The smallest absolute Gasteiger partial charge is 0.284 e. The van der Waals surface area contributed by atoms with Crippen molar-refractivity contribution in [1.82, 2.24) is 4.57 Å². The maximum atomic E-state index is 9.17. The first-order valence-electron chi connectivity index (χ1n) is 5.62. The lowest BCUT2D eigenvalue weighted by molar-refractivity contribution is -0.737. The molecule has 1 heterocycles. The monoisotopic (exact) mass is 213 g/mol. The summed E-state index contributed by atoms with van der Waals surface area (Å²) in [5.41, 5.74) is 0. The van der Waals surface area contributed by atoms with Crippen molar-refractivity contribution in [3.8, 4) is 0 Å². The van der Waals surface area contributed by atoms with Gasteiger partial charge in [-0.3, -0.25) is 0 Å². The molecule has 1 aromatic heterocycles. The number of hydrogen-bond donors (Lipinski definition) is 2. The number of rotatable bonds is 7. The number of imidazole rings is 1. The Morgan fingerprint density at radius 3 is 2.67 bits per heavy atom. The van der Waals surface area contributed by atoms with Crippen LogP contribution in [0.4, 0.5) is 0 Å². The van der Waals surface area contributed by atoms with E-state index in [0.29, 0.717) is 0 Å². The van der Waals surface area contributed by atoms with Crippen LogP contribution < -0.4 is 4.57 Å². The normalized spacial score (nSPS) is 10.9. The van der Waals surface area contributed by atoms with Crippen LogP contribution in [0.15, 0.2) is 12.4 Å². The summed E-state index contributed by atoms with van der Waals surface area (Å²) in [7, 11) is 0. The van der Waals surface area contributed by atoms with Crippen LogP contribution in [-0.4, -0.2) is 14.8 Å². The average Bonchev–Trinajstić information content (AvgIpc) is 2.66. The first-order valence-corrected chi connectivity index (χ1v) is 5.62. The SMILES string of the molecule is CCCCCCn1cc[n+](CO)c1CO. The first-order chi connectivity index (χ1) is 7.33. The van der Waals surface area contributed by atoms with E-state index in [2.05, 4.69) is 6.92 Å². The maximum Gasteiger partial charge on any atom is 0.284 e. The number of aromatic nitrogens is 2. The van der Waals surface area contributed by atoms with E-state index >= 15 is 0 Å². The molecular weight excluding hydrogens is 192 g/mol. The molecule has 4 heteroatoms. The first kappa shape index (κ1) is 12.2. The molecule has 0 aliphatic rings. The minimum Gasteiger partial charge on any atom is -0.384 e. The van der Waals surface area contributed by atoms with E-state index in [4.69, 9.17) is 10.2 Å². The van der Waals surface area contributed by atoms with E-state index in [1.807, 2.05) is 10.8 Å². The summed E-state index contributed by atoms with van der Waals surface area (Å²) in [5.74, 6) is 0.772. The molecule has 0 saturated heterocycles. The lowest BCUT2D eigenvalue weighted by atomic mass is 10.2. The second-order valence-corrected chi connectivity index (χ2v) is 3.74. The molecule has 1 aromatic rings. The number of aliphatic hydroxyl groups is 2. The molecule has 0 aliphatic heterocycles. The molecule has 4 nitrogen and oxygen atoms in total. The Kier molecular flexibility index (Phi) is 5.36. The van der Waals surface area contributed by atoms with Gasteiger partial charge in [0.15, 0.2) is 6.73 Å². The van der Waals surface area contributed by atoms with Gasteiger partial charge in [0, 0.05) is 0 Å². The lowest BCUT2D eigenvalue weighted by Gasteiger charge is -2.01. The van der Waals surface area contributed by atoms with Crippen molar-refractivity contribution in [3.05, 3.63) is 18.2 Å². The van der Waals surface area contributed by atoms with Gasteiger partial charge in [-0.2, -0.15) is 0 Å². The number of nitrogens with zero attached hydrogens (tertiary/aromatic N) is 2. The summed E-state index contributed by atoms with van der Waals surface area (Å²) < 4.78 is 3.66. The van der Waals surface area contributed by atoms with Crippen molar-refractivity contribution in [2.75, 3.05) is 0 Å². The Bertz CT molecular complexity index is 284. The third-order valence-electron chi connectivity index (χ3n) is 2.64. The van der Waals surface area contributed by atoms with Crippen LogP contribution in [0.1, 0.15) is 38.4 Å². The zero-order chi connectivity index (χ0) is 11.1. The highest BCUT2D eigenvalue weighted by Gasteiger charge is 2.14. The molecule has 0 radical (unpaired) electrons. The van der Waals surface area contributed by atoms with Gasteiger partial charge in [-0.15, -0.1) is 0 Å². The van der Waals surface area contributed by atoms with E-state index in [-0.39, 0.29) is 13.3 Å². The molecule has 2 N–H and O–H groups in total. The van der Waals surface area contributed by atoms with Crippen molar-refractivity contribution in [2.24, 2.45) is 0 Å². The van der Waals surface area contributed by atoms with Crippen molar-refractivity contribution in [2.45, 2.75) is 52.5 Å². The number of aliphatic hydroxyl groups excluding tert-OH is 2. The standard InChI is InChI=1S/C11H21N2O2/c1-2-3-4-5-6-12-7-8-13(10-15)11(12)9-14/h7-8,14-15H,2-6,9-10H2,1H3/q+1. The van der Waals surface area contributed by atoms with E-state index < -0.39 is 0 Å². The summed E-state index contributed by atoms with van der Waals surface area (Å²) in [6.45, 7) is 3.01. The molecule has 0 atom stereocenters. The van der Waals surface area contributed by atoms with E-state index in [1.54, 1.807) is 10.8 Å². The van der Waals surface area contributed by atoms with Gasteiger partial charge in [0.25, 0.3) is 5.82 Å². The third-order valence-corrected chi connectivity index (χ3v) is 2.64. The van der Waals surface area contributed by atoms with Crippen molar-refractivity contribution in [1.29, 1.82) is 0 Å². The summed E-state index contributed by atoms with van der Waals surface area (Å²) in [6.07, 6.45) is 8.55. The van der Waals surface area contributed by atoms with Crippen LogP contribution in [0.3, 0.4) is 0 Å². The minimum atomic E-state index is -0.0716. The molecule has 0 amide bonds. The van der Waals surface area contributed by atoms with Gasteiger partial charge >= 0.3 is 0 Å². The molecule has 0 aliphatic carbocycles. The third kappa shape index (κ3) is 3.32. The van der Waals surface area contributed by atoms with Gasteiger partial charge in [-0.05, 0) is 12.8 Å². The Balaban J connectivity index is 2.49. The Morgan fingerprint density at radius 1 is 1.27 bits per heavy atom. The van der Waals surface area contributed by atoms with Crippen LogP contribution in [0.5, 0.6) is 0 Å².